The van der Waals surface area contributed by atoms with Crippen molar-refractivity contribution < 1.29 is 26.7 Å². The zero-order valence-corrected chi connectivity index (χ0v) is 13.2. The largest absolute Gasteiger partial charge is 0.375 e. The van der Waals surface area contributed by atoms with Gasteiger partial charge in [-0.25, -0.2) is 17.2 Å². The summed E-state index contributed by atoms with van der Waals surface area (Å²) in [4.78, 5) is 12.1. The maximum absolute atomic E-state index is 11.8. The Hall–Kier alpha value is -0.770. The van der Waals surface area contributed by atoms with Crippen LogP contribution in [0.4, 0.5) is 8.78 Å². The molecule has 1 heterocycles. The Bertz CT molecular complexity index is 562. The highest BCUT2D eigenvalue weighted by Crippen LogP contribution is 2.24. The molecule has 0 aliphatic carbocycles. The first-order valence-electron chi connectivity index (χ1n) is 5.95. The van der Waals surface area contributed by atoms with Gasteiger partial charge in [0, 0.05) is 28.5 Å². The van der Waals surface area contributed by atoms with Gasteiger partial charge in [0.05, 0.1) is 6.61 Å². The lowest BCUT2D eigenvalue weighted by Gasteiger charge is -2.05. The molecule has 21 heavy (non-hydrogen) atoms. The number of alkyl halides is 2. The van der Waals surface area contributed by atoms with Crippen LogP contribution in [0.2, 0.25) is 0 Å². The lowest BCUT2D eigenvalue weighted by Crippen LogP contribution is -2.26. The normalized spacial score (nSPS) is 11.8. The van der Waals surface area contributed by atoms with Gasteiger partial charge in [-0.2, -0.15) is 0 Å². The Morgan fingerprint density at radius 2 is 2.14 bits per heavy atom. The molecular weight excluding hydrogens is 348 g/mol. The average Bonchev–Trinajstić information content (AvgIpc) is 2.83. The minimum absolute atomic E-state index is 0.00152. The van der Waals surface area contributed by atoms with Crippen molar-refractivity contribution in [3.05, 3.63) is 17.0 Å². The summed E-state index contributed by atoms with van der Waals surface area (Å²) in [6, 6.07) is 3.03. The summed E-state index contributed by atoms with van der Waals surface area (Å²) >= 11 is 1.04. The molecule has 5 nitrogen and oxygen atoms in total. The molecule has 1 aromatic rings. The Morgan fingerprint density at radius 3 is 2.71 bits per heavy atom. The molecule has 120 valence electrons. The van der Waals surface area contributed by atoms with Gasteiger partial charge < -0.3 is 10.1 Å². The van der Waals surface area contributed by atoms with E-state index < -0.39 is 22.1 Å². The van der Waals surface area contributed by atoms with Gasteiger partial charge in [-0.1, -0.05) is 0 Å². The van der Waals surface area contributed by atoms with E-state index in [1.165, 1.54) is 6.07 Å². The quantitative estimate of drug-likeness (QED) is 0.539. The minimum atomic E-state index is -3.72. The highest BCUT2D eigenvalue weighted by atomic mass is 35.7. The molecule has 1 aromatic heterocycles. The van der Waals surface area contributed by atoms with Gasteiger partial charge in [0.1, 0.15) is 10.8 Å². The molecule has 0 atom stereocenters. The topological polar surface area (TPSA) is 72.5 Å². The van der Waals surface area contributed by atoms with Crippen LogP contribution in [0.15, 0.2) is 16.3 Å². The molecule has 0 spiro atoms. The van der Waals surface area contributed by atoms with Crippen LogP contribution in [-0.4, -0.2) is 40.5 Å². The Kier molecular flexibility index (Phi) is 7.50. The Morgan fingerprint density at radius 1 is 1.43 bits per heavy atom. The van der Waals surface area contributed by atoms with E-state index in [0.29, 0.717) is 13.0 Å². The van der Waals surface area contributed by atoms with Gasteiger partial charge in [0.15, 0.2) is 0 Å². The summed E-state index contributed by atoms with van der Waals surface area (Å²) < 4.78 is 50.3. The first kappa shape index (κ1) is 18.3. The molecule has 0 bridgehead atoms. The minimum Gasteiger partial charge on any atom is -0.375 e. The summed E-state index contributed by atoms with van der Waals surface area (Å²) in [6.07, 6.45) is -2.08. The fraction of sp³-hybridized carbons (Fsp3) is 0.545. The van der Waals surface area contributed by atoms with E-state index in [0.717, 1.165) is 16.2 Å². The van der Waals surface area contributed by atoms with Crippen molar-refractivity contribution in [1.82, 2.24) is 5.32 Å². The molecule has 0 saturated carbocycles. The highest BCUT2D eigenvalue weighted by molar-refractivity contribution is 8.15. The molecule has 1 rings (SSSR count). The Balaban J connectivity index is 2.21. The van der Waals surface area contributed by atoms with Crippen LogP contribution in [0.25, 0.3) is 0 Å². The number of carbonyl (C=O) groups is 1. The van der Waals surface area contributed by atoms with E-state index in [4.69, 9.17) is 10.7 Å². The van der Waals surface area contributed by atoms with Gasteiger partial charge in [-0.15, -0.1) is 11.3 Å². The molecule has 1 N–H and O–H groups in total. The van der Waals surface area contributed by atoms with Gasteiger partial charge in [0.2, 0.25) is 5.91 Å². The number of hydrogen-bond acceptors (Lipinski definition) is 5. The molecule has 0 unspecified atom stereocenters. The maximum Gasteiger partial charge on any atom is 0.270 e. The molecule has 1 amide bonds. The van der Waals surface area contributed by atoms with Gasteiger partial charge in [-0.3, -0.25) is 4.79 Å². The molecule has 0 aliphatic heterocycles. The third-order valence-corrected chi connectivity index (χ3v) is 5.53. The summed E-state index contributed by atoms with van der Waals surface area (Å²) in [6.45, 7) is -0.433. The second-order valence-electron chi connectivity index (χ2n) is 3.97. The van der Waals surface area contributed by atoms with Crippen LogP contribution >= 0.6 is 22.0 Å². The monoisotopic (exact) mass is 361 g/mol. The van der Waals surface area contributed by atoms with Crippen molar-refractivity contribution >= 4 is 37.0 Å². The molecule has 0 saturated heterocycles. The van der Waals surface area contributed by atoms with Crippen molar-refractivity contribution in [1.29, 1.82) is 0 Å². The number of thiophene rings is 1. The molecule has 0 aromatic carbocycles. The first-order chi connectivity index (χ1) is 9.79. The Labute approximate surface area is 129 Å². The first-order valence-corrected chi connectivity index (χ1v) is 9.07. The SMILES string of the molecule is O=C(CCOCC(F)F)NCCc1ccc(S(=O)(=O)Cl)s1. The molecule has 0 radical (unpaired) electrons. The zero-order valence-electron chi connectivity index (χ0n) is 10.9. The van der Waals surface area contributed by atoms with Crippen LogP contribution in [0.1, 0.15) is 11.3 Å². The second kappa shape index (κ2) is 8.62. The zero-order chi connectivity index (χ0) is 15.9. The highest BCUT2D eigenvalue weighted by Gasteiger charge is 2.13. The average molecular weight is 362 g/mol. The van der Waals surface area contributed by atoms with E-state index >= 15 is 0 Å². The van der Waals surface area contributed by atoms with E-state index in [2.05, 4.69) is 10.1 Å². The predicted molar refractivity (Wildman–Crippen MR) is 75.5 cm³/mol. The van der Waals surface area contributed by atoms with Crippen molar-refractivity contribution in [3.8, 4) is 0 Å². The van der Waals surface area contributed by atoms with Crippen LogP contribution in [0, 0.1) is 0 Å². The second-order valence-corrected chi connectivity index (χ2v) is 7.94. The third-order valence-electron chi connectivity index (χ3n) is 2.29. The summed E-state index contributed by atoms with van der Waals surface area (Å²) in [5.74, 6) is -0.314. The van der Waals surface area contributed by atoms with E-state index in [1.807, 2.05) is 0 Å². The molecule has 10 heteroatoms. The standard InChI is InChI=1S/C11H14ClF2NO4S2/c12-21(17,18)11-2-1-8(20-11)3-5-15-10(16)4-6-19-7-9(13)14/h1-2,9H,3-7H2,(H,15,16). The summed E-state index contributed by atoms with van der Waals surface area (Å²) in [7, 11) is 1.48. The fourth-order valence-corrected chi connectivity index (χ4v) is 3.50. The molecular formula is C11H14ClF2NO4S2. The lowest BCUT2D eigenvalue weighted by atomic mass is 10.3. The number of halogens is 3. The van der Waals surface area contributed by atoms with Crippen molar-refractivity contribution in [2.24, 2.45) is 0 Å². The number of amides is 1. The van der Waals surface area contributed by atoms with E-state index in [-0.39, 0.29) is 23.1 Å². The van der Waals surface area contributed by atoms with Crippen LogP contribution < -0.4 is 5.32 Å². The van der Waals surface area contributed by atoms with Crippen LogP contribution in [0.3, 0.4) is 0 Å². The summed E-state index contributed by atoms with van der Waals surface area (Å²) in [5, 5.41) is 2.59. The van der Waals surface area contributed by atoms with Crippen LogP contribution in [-0.2, 0) is 25.0 Å². The maximum atomic E-state index is 11.8. The van der Waals surface area contributed by atoms with Crippen molar-refractivity contribution in [2.45, 2.75) is 23.5 Å². The number of hydrogen-bond donors (Lipinski definition) is 1. The number of rotatable bonds is 9. The van der Waals surface area contributed by atoms with Crippen LogP contribution in [0.5, 0.6) is 0 Å². The van der Waals surface area contributed by atoms with Gasteiger partial charge >= 0.3 is 0 Å². The number of ether oxygens (including phenoxy) is 1. The van der Waals surface area contributed by atoms with Crippen molar-refractivity contribution in [3.63, 3.8) is 0 Å². The summed E-state index contributed by atoms with van der Waals surface area (Å²) in [5.41, 5.74) is 0. The van der Waals surface area contributed by atoms with Gasteiger partial charge in [-0.05, 0) is 18.6 Å². The molecule has 0 fully saturated rings. The molecule has 0 aliphatic rings. The number of nitrogens with one attached hydrogen (secondary N) is 1. The van der Waals surface area contributed by atoms with Gasteiger partial charge in [0.25, 0.3) is 15.5 Å². The fourth-order valence-electron chi connectivity index (χ4n) is 1.37. The third kappa shape index (κ3) is 7.70. The predicted octanol–water partition coefficient (Wildman–Crippen LogP) is 2.01. The van der Waals surface area contributed by atoms with E-state index in [1.54, 1.807) is 6.07 Å². The lowest BCUT2D eigenvalue weighted by molar-refractivity contribution is -0.122. The number of carbonyl (C=O) groups excluding carboxylic acids is 1. The van der Waals surface area contributed by atoms with E-state index in [9.17, 15) is 22.0 Å². The van der Waals surface area contributed by atoms with Crippen molar-refractivity contribution in [2.75, 3.05) is 19.8 Å². The smallest absolute Gasteiger partial charge is 0.270 e.